The zero-order valence-electron chi connectivity index (χ0n) is 13.8. The average Bonchev–Trinajstić information content (AvgIpc) is 2.99. The van der Waals surface area contributed by atoms with Gasteiger partial charge in [-0.3, -0.25) is 4.40 Å². The Balaban J connectivity index is 1.56. The first-order valence-corrected chi connectivity index (χ1v) is 8.43. The summed E-state index contributed by atoms with van der Waals surface area (Å²) in [6.07, 6.45) is 3.71. The summed E-state index contributed by atoms with van der Waals surface area (Å²) in [5.74, 6) is 1.78. The minimum Gasteiger partial charge on any atom is -0.368 e. The topological polar surface area (TPSA) is 49.6 Å². The van der Waals surface area contributed by atoms with Gasteiger partial charge in [0.25, 0.3) is 0 Å². The second-order valence-electron chi connectivity index (χ2n) is 6.10. The van der Waals surface area contributed by atoms with Gasteiger partial charge in [-0.2, -0.15) is 0 Å². The van der Waals surface area contributed by atoms with Crippen LogP contribution in [-0.4, -0.2) is 45.8 Å². The molecule has 0 spiro atoms. The fourth-order valence-electron chi connectivity index (χ4n) is 3.23. The number of benzene rings is 1. The predicted octanol–water partition coefficient (Wildman–Crippen LogP) is 2.72. The summed E-state index contributed by atoms with van der Waals surface area (Å²) in [6.45, 7) is 7.71. The van der Waals surface area contributed by atoms with Gasteiger partial charge in [0.05, 0.1) is 0 Å². The number of aromatic nitrogens is 4. The maximum absolute atomic E-state index is 6.16. The number of aryl methyl sites for hydroxylation is 2. The van der Waals surface area contributed by atoms with E-state index in [9.17, 15) is 0 Å². The molecule has 0 aliphatic carbocycles. The zero-order chi connectivity index (χ0) is 16.7. The molecule has 124 valence electrons. The number of hydrogen-bond acceptors (Lipinski definition) is 5. The quantitative estimate of drug-likeness (QED) is 0.716. The zero-order valence-corrected chi connectivity index (χ0v) is 14.5. The van der Waals surface area contributed by atoms with Crippen LogP contribution < -0.4 is 9.80 Å². The van der Waals surface area contributed by atoms with E-state index in [1.165, 1.54) is 11.3 Å². The van der Waals surface area contributed by atoms with E-state index in [2.05, 4.69) is 38.0 Å². The Morgan fingerprint density at radius 1 is 1.00 bits per heavy atom. The number of halogens is 1. The number of rotatable bonds is 2. The molecule has 0 radical (unpaired) electrons. The highest BCUT2D eigenvalue weighted by molar-refractivity contribution is 6.30. The summed E-state index contributed by atoms with van der Waals surface area (Å²) in [4.78, 5) is 9.20. The summed E-state index contributed by atoms with van der Waals surface area (Å²) in [6, 6.07) is 6.06. The van der Waals surface area contributed by atoms with Gasteiger partial charge in [0.15, 0.2) is 5.82 Å². The standard InChI is InChI=1S/C17H19ClN6/c1-12-3-4-14(18)11-15(12)22-7-9-23(10-8-22)16-17-21-20-13(2)24(17)6-5-19-16/h3-6,11H,7-10H2,1-2H3. The summed E-state index contributed by atoms with van der Waals surface area (Å²) in [5.41, 5.74) is 3.29. The molecule has 0 amide bonds. The highest BCUT2D eigenvalue weighted by Crippen LogP contribution is 2.27. The highest BCUT2D eigenvalue weighted by atomic mass is 35.5. The lowest BCUT2D eigenvalue weighted by Gasteiger charge is -2.37. The van der Waals surface area contributed by atoms with Gasteiger partial charge in [0.1, 0.15) is 5.82 Å². The fourth-order valence-corrected chi connectivity index (χ4v) is 3.40. The van der Waals surface area contributed by atoms with Crippen LogP contribution >= 0.6 is 11.6 Å². The maximum atomic E-state index is 6.16. The molecule has 1 saturated heterocycles. The van der Waals surface area contributed by atoms with Gasteiger partial charge in [-0.1, -0.05) is 17.7 Å². The molecular weight excluding hydrogens is 324 g/mol. The second-order valence-corrected chi connectivity index (χ2v) is 6.53. The summed E-state index contributed by atoms with van der Waals surface area (Å²) in [7, 11) is 0. The van der Waals surface area contributed by atoms with Crippen LogP contribution in [0.2, 0.25) is 5.02 Å². The SMILES string of the molecule is Cc1ccc(Cl)cc1N1CCN(c2nccn3c(C)nnc23)CC1. The average molecular weight is 343 g/mol. The van der Waals surface area contributed by atoms with Crippen molar-refractivity contribution in [3.63, 3.8) is 0 Å². The van der Waals surface area contributed by atoms with Crippen molar-refractivity contribution in [2.24, 2.45) is 0 Å². The largest absolute Gasteiger partial charge is 0.368 e. The maximum Gasteiger partial charge on any atom is 0.203 e. The van der Waals surface area contributed by atoms with Crippen LogP contribution in [0.4, 0.5) is 11.5 Å². The van der Waals surface area contributed by atoms with Crippen LogP contribution in [0.1, 0.15) is 11.4 Å². The molecule has 1 aliphatic rings. The Bertz CT molecular complexity index is 882. The monoisotopic (exact) mass is 342 g/mol. The van der Waals surface area contributed by atoms with E-state index in [0.717, 1.165) is 48.5 Å². The molecule has 1 aromatic carbocycles. The molecule has 0 bridgehead atoms. The smallest absolute Gasteiger partial charge is 0.203 e. The van der Waals surface area contributed by atoms with Crippen molar-refractivity contribution in [3.05, 3.63) is 47.0 Å². The van der Waals surface area contributed by atoms with Crippen LogP contribution in [0.3, 0.4) is 0 Å². The number of hydrogen-bond donors (Lipinski definition) is 0. The van der Waals surface area contributed by atoms with Crippen molar-refractivity contribution < 1.29 is 0 Å². The van der Waals surface area contributed by atoms with Gasteiger partial charge in [0.2, 0.25) is 5.65 Å². The Morgan fingerprint density at radius 2 is 1.75 bits per heavy atom. The molecule has 7 heteroatoms. The minimum absolute atomic E-state index is 0.781. The molecule has 6 nitrogen and oxygen atoms in total. The molecule has 0 saturated carbocycles. The molecule has 0 unspecified atom stereocenters. The third-order valence-electron chi connectivity index (χ3n) is 4.57. The summed E-state index contributed by atoms with van der Waals surface area (Å²) < 4.78 is 1.98. The number of piperazine rings is 1. The first-order valence-electron chi connectivity index (χ1n) is 8.06. The molecule has 3 heterocycles. The third-order valence-corrected chi connectivity index (χ3v) is 4.80. The van der Waals surface area contributed by atoms with Crippen molar-refractivity contribution in [3.8, 4) is 0 Å². The Kier molecular flexibility index (Phi) is 3.76. The number of nitrogens with zero attached hydrogens (tertiary/aromatic N) is 6. The molecule has 2 aromatic heterocycles. The van der Waals surface area contributed by atoms with E-state index in [4.69, 9.17) is 11.6 Å². The molecule has 3 aromatic rings. The lowest BCUT2D eigenvalue weighted by atomic mass is 10.1. The minimum atomic E-state index is 0.781. The van der Waals surface area contributed by atoms with Gasteiger partial charge in [-0.25, -0.2) is 4.98 Å². The number of fused-ring (bicyclic) bond motifs is 1. The predicted molar refractivity (Wildman–Crippen MR) is 96.1 cm³/mol. The fraction of sp³-hybridized carbons (Fsp3) is 0.353. The van der Waals surface area contributed by atoms with Gasteiger partial charge in [-0.15, -0.1) is 10.2 Å². The van der Waals surface area contributed by atoms with Gasteiger partial charge in [0, 0.05) is 49.3 Å². The second kappa shape index (κ2) is 5.94. The van der Waals surface area contributed by atoms with E-state index in [1.54, 1.807) is 0 Å². The molecule has 0 N–H and O–H groups in total. The Labute approximate surface area is 145 Å². The van der Waals surface area contributed by atoms with E-state index in [0.29, 0.717) is 0 Å². The van der Waals surface area contributed by atoms with Crippen molar-refractivity contribution in [2.45, 2.75) is 13.8 Å². The first kappa shape index (κ1) is 15.2. The van der Waals surface area contributed by atoms with Gasteiger partial charge in [-0.05, 0) is 31.5 Å². The lowest BCUT2D eigenvalue weighted by Crippen LogP contribution is -2.47. The van der Waals surface area contributed by atoms with E-state index in [1.807, 2.05) is 35.9 Å². The molecule has 4 rings (SSSR count). The van der Waals surface area contributed by atoms with Crippen LogP contribution in [0, 0.1) is 13.8 Å². The van der Waals surface area contributed by atoms with E-state index < -0.39 is 0 Å². The van der Waals surface area contributed by atoms with Crippen LogP contribution in [0.15, 0.2) is 30.6 Å². The lowest BCUT2D eigenvalue weighted by molar-refractivity contribution is 0.646. The van der Waals surface area contributed by atoms with Crippen molar-refractivity contribution in [1.29, 1.82) is 0 Å². The molecule has 1 fully saturated rings. The van der Waals surface area contributed by atoms with Crippen molar-refractivity contribution in [1.82, 2.24) is 19.6 Å². The Hall–Kier alpha value is -2.34. The van der Waals surface area contributed by atoms with Crippen molar-refractivity contribution >= 4 is 28.8 Å². The third kappa shape index (κ3) is 2.57. The normalized spacial score (nSPS) is 15.3. The van der Waals surface area contributed by atoms with Gasteiger partial charge < -0.3 is 9.80 Å². The van der Waals surface area contributed by atoms with Crippen LogP contribution in [-0.2, 0) is 0 Å². The van der Waals surface area contributed by atoms with Crippen LogP contribution in [0.5, 0.6) is 0 Å². The van der Waals surface area contributed by atoms with Crippen molar-refractivity contribution in [2.75, 3.05) is 36.0 Å². The van der Waals surface area contributed by atoms with E-state index >= 15 is 0 Å². The molecular formula is C17H19ClN6. The highest BCUT2D eigenvalue weighted by Gasteiger charge is 2.22. The summed E-state index contributed by atoms with van der Waals surface area (Å²) >= 11 is 6.16. The Morgan fingerprint density at radius 3 is 2.54 bits per heavy atom. The first-order chi connectivity index (χ1) is 11.6. The van der Waals surface area contributed by atoms with Gasteiger partial charge >= 0.3 is 0 Å². The molecule has 1 aliphatic heterocycles. The summed E-state index contributed by atoms with van der Waals surface area (Å²) in [5, 5.41) is 9.21. The number of anilines is 2. The van der Waals surface area contributed by atoms with E-state index in [-0.39, 0.29) is 0 Å². The molecule has 0 atom stereocenters. The molecule has 24 heavy (non-hydrogen) atoms. The van der Waals surface area contributed by atoms with Crippen LogP contribution in [0.25, 0.3) is 5.65 Å².